The van der Waals surface area contributed by atoms with Gasteiger partial charge in [-0.05, 0) is 31.0 Å². The molecule has 2 atom stereocenters. The third-order valence-corrected chi connectivity index (χ3v) is 10.7. The lowest BCUT2D eigenvalue weighted by Gasteiger charge is -2.28. The smallest absolute Gasteiger partial charge is 0.291 e. The van der Waals surface area contributed by atoms with Crippen LogP contribution >= 0.6 is 23.2 Å². The number of halogens is 2. The van der Waals surface area contributed by atoms with Crippen molar-refractivity contribution in [2.24, 2.45) is 7.05 Å². The highest BCUT2D eigenvalue weighted by molar-refractivity contribution is 6.39. The van der Waals surface area contributed by atoms with Gasteiger partial charge in [-0.1, -0.05) is 47.5 Å². The van der Waals surface area contributed by atoms with Gasteiger partial charge in [0.15, 0.2) is 5.82 Å². The van der Waals surface area contributed by atoms with E-state index in [4.69, 9.17) is 32.9 Å². The molecule has 4 aromatic rings. The fourth-order valence-electron chi connectivity index (χ4n) is 7.18. The Hall–Kier alpha value is -4.49. The summed E-state index contributed by atoms with van der Waals surface area (Å²) >= 11 is 14.0. The van der Waals surface area contributed by atoms with Crippen molar-refractivity contribution < 1.29 is 19.1 Å². The van der Waals surface area contributed by atoms with Crippen LogP contribution < -0.4 is 26.0 Å². The molecule has 3 amide bonds. The molecule has 2 fully saturated rings. The Morgan fingerprint density at radius 2 is 1.76 bits per heavy atom. The fraction of sp³-hybridized carbons (Fsp3) is 0.378. The third-order valence-electron chi connectivity index (χ3n) is 9.88. The van der Waals surface area contributed by atoms with Crippen LogP contribution in [0.25, 0.3) is 22.4 Å². The van der Waals surface area contributed by atoms with E-state index < -0.39 is 0 Å². The molecule has 0 unspecified atom stereocenters. The van der Waals surface area contributed by atoms with Gasteiger partial charge in [-0.2, -0.15) is 0 Å². The topological polar surface area (TPSA) is 143 Å². The number of pyridine rings is 1. The molecule has 7 rings (SSSR count). The standard InChI is InChI=1S/C37H40Cl2N8O4/c1-46-29-13-15-47(19-24-9-11-32(49)43-24)20-28(29)44-36(46)37(50)45-27-5-3-4-25(33(27)38)26-12-14-41-35(34(26)39)21-6-7-22(30(16-21)51-2)17-40-18-23-8-10-31(48)42-23/h3-7,12,14,16,23-24,40H,8-11,13,15,17-20H2,1-2H3,(H,42,48)(H,43,49)(H,45,50)/t23-,24-/m0/s1. The van der Waals surface area contributed by atoms with Crippen molar-refractivity contribution in [1.82, 2.24) is 35.4 Å². The summed E-state index contributed by atoms with van der Waals surface area (Å²) in [7, 11) is 3.48. The van der Waals surface area contributed by atoms with Crippen LogP contribution in [0.15, 0.2) is 48.7 Å². The quantitative estimate of drug-likeness (QED) is 0.174. The van der Waals surface area contributed by atoms with Gasteiger partial charge in [0, 0.05) is 105 Å². The number of carbonyl (C=O) groups is 3. The average molecular weight is 732 g/mol. The third kappa shape index (κ3) is 7.45. The minimum Gasteiger partial charge on any atom is -0.496 e. The normalized spacial score (nSPS) is 18.7. The van der Waals surface area contributed by atoms with Gasteiger partial charge in [-0.15, -0.1) is 0 Å². The maximum absolute atomic E-state index is 13.6. The molecule has 14 heteroatoms. The van der Waals surface area contributed by atoms with Gasteiger partial charge in [0.05, 0.1) is 34.2 Å². The van der Waals surface area contributed by atoms with E-state index in [2.05, 4.69) is 31.2 Å². The van der Waals surface area contributed by atoms with Gasteiger partial charge >= 0.3 is 0 Å². The first-order valence-corrected chi connectivity index (χ1v) is 17.9. The number of nitrogens with zero attached hydrogens (tertiary/aromatic N) is 4. The van der Waals surface area contributed by atoms with E-state index in [-0.39, 0.29) is 29.8 Å². The predicted molar refractivity (Wildman–Crippen MR) is 196 cm³/mol. The number of hydrogen-bond acceptors (Lipinski definition) is 8. The highest BCUT2D eigenvalue weighted by atomic mass is 35.5. The molecular weight excluding hydrogens is 691 g/mol. The first-order valence-electron chi connectivity index (χ1n) is 17.2. The molecule has 51 heavy (non-hydrogen) atoms. The number of nitrogens with one attached hydrogen (secondary N) is 4. The first kappa shape index (κ1) is 34.9. The lowest BCUT2D eigenvalue weighted by atomic mass is 10.0. The Kier molecular flexibility index (Phi) is 10.3. The van der Waals surface area contributed by atoms with Crippen molar-refractivity contribution >= 4 is 46.6 Å². The second kappa shape index (κ2) is 15.0. The molecule has 2 saturated heterocycles. The summed E-state index contributed by atoms with van der Waals surface area (Å²) in [5.41, 5.74) is 5.95. The second-order valence-electron chi connectivity index (χ2n) is 13.3. The van der Waals surface area contributed by atoms with E-state index in [1.165, 1.54) is 0 Å². The largest absolute Gasteiger partial charge is 0.496 e. The summed E-state index contributed by atoms with van der Waals surface area (Å²) in [6, 6.07) is 13.3. The summed E-state index contributed by atoms with van der Waals surface area (Å²) in [6.07, 6.45) is 5.25. The minimum atomic E-state index is -0.364. The number of aromatic nitrogens is 3. The maximum Gasteiger partial charge on any atom is 0.291 e. The van der Waals surface area contributed by atoms with Crippen LogP contribution in [0.4, 0.5) is 5.69 Å². The van der Waals surface area contributed by atoms with E-state index in [1.807, 2.05) is 41.9 Å². The summed E-state index contributed by atoms with van der Waals surface area (Å²) in [5, 5.41) is 13.1. The zero-order chi connectivity index (χ0) is 35.6. The van der Waals surface area contributed by atoms with Gasteiger partial charge in [-0.25, -0.2) is 4.98 Å². The van der Waals surface area contributed by atoms with Crippen molar-refractivity contribution in [1.29, 1.82) is 0 Å². The number of imidazole rings is 1. The summed E-state index contributed by atoms with van der Waals surface area (Å²) in [4.78, 5) is 48.4. The van der Waals surface area contributed by atoms with Crippen LogP contribution in [0.1, 0.15) is 53.3 Å². The Morgan fingerprint density at radius 3 is 2.51 bits per heavy atom. The number of ether oxygens (including phenoxy) is 1. The number of carbonyl (C=O) groups excluding carboxylic acids is 3. The van der Waals surface area contributed by atoms with Crippen molar-refractivity contribution in [2.45, 2.75) is 57.3 Å². The first-order chi connectivity index (χ1) is 24.7. The molecule has 0 bridgehead atoms. The molecule has 3 aliphatic heterocycles. The summed E-state index contributed by atoms with van der Waals surface area (Å²) in [5.74, 6) is 0.828. The SMILES string of the molecule is COc1cc(-c2nccc(-c3cccc(NC(=O)c4nc5c(n4C)CCN(C[C@@H]4CCC(=O)N4)C5)c3Cl)c2Cl)ccc1CNC[C@@H]1CCC(=O)N1. The van der Waals surface area contributed by atoms with Gasteiger partial charge < -0.3 is 30.6 Å². The molecule has 5 heterocycles. The highest BCUT2D eigenvalue weighted by Crippen LogP contribution is 2.41. The molecule has 266 valence electrons. The minimum absolute atomic E-state index is 0.0947. The molecule has 0 saturated carbocycles. The monoisotopic (exact) mass is 730 g/mol. The van der Waals surface area contributed by atoms with E-state index in [0.717, 1.165) is 54.9 Å². The number of fused-ring (bicyclic) bond motifs is 1. The number of anilines is 1. The maximum atomic E-state index is 13.6. The second-order valence-corrected chi connectivity index (χ2v) is 14.0. The van der Waals surface area contributed by atoms with Crippen LogP contribution in [0.3, 0.4) is 0 Å². The fourth-order valence-corrected chi connectivity index (χ4v) is 7.78. The molecule has 12 nitrogen and oxygen atoms in total. The van der Waals surface area contributed by atoms with Gasteiger partial charge in [0.2, 0.25) is 11.8 Å². The van der Waals surface area contributed by atoms with E-state index >= 15 is 0 Å². The van der Waals surface area contributed by atoms with E-state index in [0.29, 0.717) is 76.6 Å². The van der Waals surface area contributed by atoms with Crippen LogP contribution in [-0.4, -0.2) is 76.0 Å². The van der Waals surface area contributed by atoms with Crippen LogP contribution in [-0.2, 0) is 36.1 Å². The number of amides is 3. The Labute approximate surface area is 306 Å². The van der Waals surface area contributed by atoms with Gasteiger partial charge in [0.1, 0.15) is 5.75 Å². The summed E-state index contributed by atoms with van der Waals surface area (Å²) in [6.45, 7) is 3.47. The van der Waals surface area contributed by atoms with E-state index in [9.17, 15) is 14.4 Å². The average Bonchev–Trinajstić information content (AvgIpc) is 3.83. The molecule has 2 aromatic heterocycles. The number of methoxy groups -OCH3 is 1. The van der Waals surface area contributed by atoms with Crippen molar-refractivity contribution in [3.63, 3.8) is 0 Å². The van der Waals surface area contributed by atoms with Gasteiger partial charge in [-0.3, -0.25) is 24.3 Å². The van der Waals surface area contributed by atoms with Gasteiger partial charge in [0.25, 0.3) is 5.91 Å². The Morgan fingerprint density at radius 1 is 1.00 bits per heavy atom. The molecule has 0 radical (unpaired) electrons. The Bertz CT molecular complexity index is 2000. The zero-order valence-corrected chi connectivity index (χ0v) is 30.0. The van der Waals surface area contributed by atoms with Crippen molar-refractivity contribution in [3.8, 4) is 28.1 Å². The van der Waals surface area contributed by atoms with Crippen LogP contribution in [0.2, 0.25) is 10.0 Å². The van der Waals surface area contributed by atoms with Crippen molar-refractivity contribution in [3.05, 3.63) is 81.5 Å². The Balaban J connectivity index is 1.06. The molecular formula is C37H40Cl2N8O4. The molecule has 4 N–H and O–H groups in total. The lowest BCUT2D eigenvalue weighted by Crippen LogP contribution is -2.41. The molecule has 0 spiro atoms. The van der Waals surface area contributed by atoms with Crippen LogP contribution in [0, 0.1) is 0 Å². The molecule has 2 aromatic carbocycles. The zero-order valence-electron chi connectivity index (χ0n) is 28.5. The lowest BCUT2D eigenvalue weighted by molar-refractivity contribution is -0.120. The number of hydrogen-bond donors (Lipinski definition) is 4. The number of rotatable bonds is 11. The number of benzene rings is 2. The summed E-state index contributed by atoms with van der Waals surface area (Å²) < 4.78 is 7.57. The molecule has 3 aliphatic rings. The van der Waals surface area contributed by atoms with Crippen molar-refractivity contribution in [2.75, 3.05) is 32.1 Å². The highest BCUT2D eigenvalue weighted by Gasteiger charge is 2.29. The predicted octanol–water partition coefficient (Wildman–Crippen LogP) is 4.72. The molecule has 0 aliphatic carbocycles. The van der Waals surface area contributed by atoms with E-state index in [1.54, 1.807) is 25.4 Å². The van der Waals surface area contributed by atoms with Crippen LogP contribution in [0.5, 0.6) is 5.75 Å².